The molecule has 1 fully saturated rings. The molecule has 21 heavy (non-hydrogen) atoms. The molecule has 0 bridgehead atoms. The summed E-state index contributed by atoms with van der Waals surface area (Å²) in [5, 5.41) is 5.63. The van der Waals surface area contributed by atoms with Gasteiger partial charge in [0.2, 0.25) is 0 Å². The third kappa shape index (κ3) is 4.30. The molecule has 0 unspecified atom stereocenters. The van der Waals surface area contributed by atoms with Crippen molar-refractivity contribution in [3.63, 3.8) is 0 Å². The van der Waals surface area contributed by atoms with E-state index in [0.717, 1.165) is 26.9 Å². The number of rotatable bonds is 5. The molecular formula is C16H14Cl3NS. The SMILES string of the molecule is Clc1ccc(Cl)c(Sc2ccc(CNC3CC3)c(Cl)c2)c1. The van der Waals surface area contributed by atoms with Crippen molar-refractivity contribution in [2.45, 2.75) is 35.2 Å². The molecule has 0 aromatic heterocycles. The Labute approximate surface area is 144 Å². The summed E-state index contributed by atoms with van der Waals surface area (Å²) in [6.07, 6.45) is 2.55. The van der Waals surface area contributed by atoms with Crippen molar-refractivity contribution < 1.29 is 0 Å². The minimum atomic E-state index is 0.679. The lowest BCUT2D eigenvalue weighted by atomic mass is 10.2. The smallest absolute Gasteiger partial charge is 0.0546 e. The third-order valence-electron chi connectivity index (χ3n) is 3.30. The van der Waals surface area contributed by atoms with Crippen LogP contribution in [-0.2, 0) is 6.54 Å². The molecule has 3 rings (SSSR count). The van der Waals surface area contributed by atoms with E-state index in [1.165, 1.54) is 12.8 Å². The highest BCUT2D eigenvalue weighted by Crippen LogP contribution is 2.36. The van der Waals surface area contributed by atoms with Crippen LogP contribution in [0.3, 0.4) is 0 Å². The molecule has 1 N–H and O–H groups in total. The van der Waals surface area contributed by atoms with E-state index in [2.05, 4.69) is 17.4 Å². The first-order valence-corrected chi connectivity index (χ1v) is 8.71. The van der Waals surface area contributed by atoms with Gasteiger partial charge in [0.25, 0.3) is 0 Å². The zero-order valence-electron chi connectivity index (χ0n) is 11.2. The largest absolute Gasteiger partial charge is 0.310 e. The monoisotopic (exact) mass is 357 g/mol. The lowest BCUT2D eigenvalue weighted by Crippen LogP contribution is -2.15. The highest BCUT2D eigenvalue weighted by atomic mass is 35.5. The average molecular weight is 359 g/mol. The van der Waals surface area contributed by atoms with E-state index in [1.807, 2.05) is 18.2 Å². The molecule has 5 heteroatoms. The van der Waals surface area contributed by atoms with Crippen molar-refractivity contribution in [2.24, 2.45) is 0 Å². The Bertz CT molecular complexity index is 656. The Morgan fingerprint density at radius 2 is 1.81 bits per heavy atom. The Morgan fingerprint density at radius 3 is 2.52 bits per heavy atom. The zero-order chi connectivity index (χ0) is 14.8. The maximum Gasteiger partial charge on any atom is 0.0546 e. The fourth-order valence-corrected chi connectivity index (χ4v) is 3.66. The second kappa shape index (κ2) is 6.80. The first-order valence-electron chi connectivity index (χ1n) is 6.76. The van der Waals surface area contributed by atoms with E-state index < -0.39 is 0 Å². The molecule has 1 aliphatic carbocycles. The van der Waals surface area contributed by atoms with Gasteiger partial charge in [-0.2, -0.15) is 0 Å². The maximum absolute atomic E-state index is 6.36. The molecule has 0 saturated heterocycles. The predicted molar refractivity (Wildman–Crippen MR) is 91.9 cm³/mol. The van der Waals surface area contributed by atoms with Gasteiger partial charge in [-0.1, -0.05) is 52.6 Å². The van der Waals surface area contributed by atoms with Crippen LogP contribution >= 0.6 is 46.6 Å². The highest BCUT2D eigenvalue weighted by Gasteiger charge is 2.20. The van der Waals surface area contributed by atoms with E-state index in [4.69, 9.17) is 34.8 Å². The van der Waals surface area contributed by atoms with Crippen molar-refractivity contribution in [3.05, 3.63) is 57.0 Å². The minimum absolute atomic E-state index is 0.679. The average Bonchev–Trinajstić information content (AvgIpc) is 3.26. The molecular weight excluding hydrogens is 345 g/mol. The summed E-state index contributed by atoms with van der Waals surface area (Å²) in [6, 6.07) is 12.3. The van der Waals surface area contributed by atoms with Crippen molar-refractivity contribution in [1.29, 1.82) is 0 Å². The van der Waals surface area contributed by atoms with E-state index >= 15 is 0 Å². The van der Waals surface area contributed by atoms with Crippen molar-refractivity contribution in [2.75, 3.05) is 0 Å². The van der Waals surface area contributed by atoms with Gasteiger partial charge in [0.05, 0.1) is 5.02 Å². The van der Waals surface area contributed by atoms with Crippen LogP contribution in [0, 0.1) is 0 Å². The van der Waals surface area contributed by atoms with E-state index in [9.17, 15) is 0 Å². The van der Waals surface area contributed by atoms with Gasteiger partial charge in [-0.05, 0) is 48.7 Å². The number of hydrogen-bond acceptors (Lipinski definition) is 2. The van der Waals surface area contributed by atoms with Crippen LogP contribution in [0.15, 0.2) is 46.2 Å². The molecule has 0 atom stereocenters. The van der Waals surface area contributed by atoms with Gasteiger partial charge in [-0.3, -0.25) is 0 Å². The van der Waals surface area contributed by atoms with Crippen LogP contribution in [0.4, 0.5) is 0 Å². The van der Waals surface area contributed by atoms with Crippen LogP contribution < -0.4 is 5.32 Å². The van der Waals surface area contributed by atoms with Crippen molar-refractivity contribution in [3.8, 4) is 0 Å². The molecule has 0 radical (unpaired) electrons. The molecule has 0 aliphatic heterocycles. The third-order valence-corrected chi connectivity index (χ3v) is 5.38. The first kappa shape index (κ1) is 15.5. The normalized spacial score (nSPS) is 14.4. The summed E-state index contributed by atoms with van der Waals surface area (Å²) in [5.41, 5.74) is 1.13. The Kier molecular flexibility index (Phi) is 5.03. The first-order chi connectivity index (χ1) is 10.1. The zero-order valence-corrected chi connectivity index (χ0v) is 14.3. The summed E-state index contributed by atoms with van der Waals surface area (Å²) in [5.74, 6) is 0. The standard InChI is InChI=1S/C16H14Cl3NS/c17-11-2-6-14(18)16(7-11)21-13-5-1-10(15(19)8-13)9-20-12-3-4-12/h1-2,5-8,12,20H,3-4,9H2. The molecule has 1 saturated carbocycles. The van der Waals surface area contributed by atoms with Crippen LogP contribution in [-0.4, -0.2) is 6.04 Å². The van der Waals surface area contributed by atoms with Crippen molar-refractivity contribution >= 4 is 46.6 Å². The molecule has 1 aliphatic rings. The van der Waals surface area contributed by atoms with Crippen molar-refractivity contribution in [1.82, 2.24) is 5.32 Å². The van der Waals surface area contributed by atoms with Gasteiger partial charge in [-0.15, -0.1) is 0 Å². The molecule has 0 amide bonds. The summed E-state index contributed by atoms with van der Waals surface area (Å²) in [6.45, 7) is 0.826. The Balaban J connectivity index is 1.73. The van der Waals surface area contributed by atoms with E-state index in [-0.39, 0.29) is 0 Å². The summed E-state index contributed by atoms with van der Waals surface area (Å²) >= 11 is 20.1. The number of halogens is 3. The van der Waals surface area contributed by atoms with E-state index in [0.29, 0.717) is 16.1 Å². The summed E-state index contributed by atoms with van der Waals surface area (Å²) in [4.78, 5) is 1.99. The van der Waals surface area contributed by atoms with Gasteiger partial charge >= 0.3 is 0 Å². The van der Waals surface area contributed by atoms with Gasteiger partial charge in [0, 0.05) is 32.4 Å². The van der Waals surface area contributed by atoms with Crippen LogP contribution in [0.2, 0.25) is 15.1 Å². The quantitative estimate of drug-likeness (QED) is 0.698. The molecule has 0 heterocycles. The highest BCUT2D eigenvalue weighted by molar-refractivity contribution is 7.99. The van der Waals surface area contributed by atoms with Gasteiger partial charge in [0.1, 0.15) is 0 Å². The fourth-order valence-electron chi connectivity index (χ4n) is 1.96. The second-order valence-corrected chi connectivity index (χ2v) is 7.45. The molecule has 1 nitrogen and oxygen atoms in total. The number of hydrogen-bond donors (Lipinski definition) is 1. The molecule has 110 valence electrons. The van der Waals surface area contributed by atoms with Crippen LogP contribution in [0.1, 0.15) is 18.4 Å². The maximum atomic E-state index is 6.36. The molecule has 0 spiro atoms. The minimum Gasteiger partial charge on any atom is -0.310 e. The summed E-state index contributed by atoms with van der Waals surface area (Å²) < 4.78 is 0. The van der Waals surface area contributed by atoms with Crippen LogP contribution in [0.5, 0.6) is 0 Å². The second-order valence-electron chi connectivity index (χ2n) is 5.09. The number of nitrogens with one attached hydrogen (secondary N) is 1. The summed E-state index contributed by atoms with van der Waals surface area (Å²) in [7, 11) is 0. The van der Waals surface area contributed by atoms with Gasteiger partial charge < -0.3 is 5.32 Å². The van der Waals surface area contributed by atoms with E-state index in [1.54, 1.807) is 17.8 Å². The topological polar surface area (TPSA) is 12.0 Å². The lowest BCUT2D eigenvalue weighted by molar-refractivity contribution is 0.687. The predicted octanol–water partition coefficient (Wildman–Crippen LogP) is 6.05. The molecule has 2 aromatic rings. The number of benzene rings is 2. The molecule has 2 aromatic carbocycles. The Morgan fingerprint density at radius 1 is 1.00 bits per heavy atom. The van der Waals surface area contributed by atoms with Gasteiger partial charge in [0.15, 0.2) is 0 Å². The van der Waals surface area contributed by atoms with Crippen LogP contribution in [0.25, 0.3) is 0 Å². The lowest BCUT2D eigenvalue weighted by Gasteiger charge is -2.09. The Hall–Kier alpha value is -0.380. The van der Waals surface area contributed by atoms with Gasteiger partial charge in [-0.25, -0.2) is 0 Å². The fraction of sp³-hybridized carbons (Fsp3) is 0.250.